The van der Waals surface area contributed by atoms with E-state index in [2.05, 4.69) is 36.3 Å². The van der Waals surface area contributed by atoms with Crippen LogP contribution in [0.5, 0.6) is 5.75 Å². The predicted molar refractivity (Wildman–Crippen MR) is 85.4 cm³/mol. The maximum Gasteiger partial charge on any atom is 0.130 e. The van der Waals surface area contributed by atoms with Crippen LogP contribution in [-0.4, -0.2) is 22.1 Å². The molecular formula is C17H25N3O. The first-order valence-corrected chi connectivity index (χ1v) is 7.59. The highest BCUT2D eigenvalue weighted by Crippen LogP contribution is 2.15. The van der Waals surface area contributed by atoms with Gasteiger partial charge in [-0.1, -0.05) is 19.1 Å². The van der Waals surface area contributed by atoms with E-state index in [1.807, 2.05) is 29.9 Å². The van der Waals surface area contributed by atoms with Crippen LogP contribution in [0.4, 0.5) is 0 Å². The Labute approximate surface area is 127 Å². The lowest BCUT2D eigenvalue weighted by Crippen LogP contribution is -2.28. The summed E-state index contributed by atoms with van der Waals surface area (Å²) in [4.78, 5) is 4.08. The van der Waals surface area contributed by atoms with Gasteiger partial charge in [0.15, 0.2) is 0 Å². The molecule has 0 fully saturated rings. The third kappa shape index (κ3) is 4.90. The van der Waals surface area contributed by atoms with Crippen molar-refractivity contribution >= 4 is 0 Å². The standard InChI is InChI=1S/C17H25N3O/c1-4-9-19-14(2)10-15-5-7-17(8-6-15)21-12-16-11-18-13-20(16)3/h5-8,11,13-14,19H,4,9-10,12H2,1-3H3. The summed E-state index contributed by atoms with van der Waals surface area (Å²) < 4.78 is 7.75. The second-order valence-electron chi connectivity index (χ2n) is 5.49. The van der Waals surface area contributed by atoms with Crippen LogP contribution in [0.15, 0.2) is 36.8 Å². The molecule has 1 aromatic heterocycles. The van der Waals surface area contributed by atoms with Crippen molar-refractivity contribution in [2.24, 2.45) is 7.05 Å². The van der Waals surface area contributed by atoms with E-state index in [9.17, 15) is 0 Å². The third-order valence-electron chi connectivity index (χ3n) is 3.51. The van der Waals surface area contributed by atoms with Gasteiger partial charge in [0.2, 0.25) is 0 Å². The molecule has 1 atom stereocenters. The van der Waals surface area contributed by atoms with E-state index in [4.69, 9.17) is 4.74 Å². The van der Waals surface area contributed by atoms with Crippen LogP contribution in [0.3, 0.4) is 0 Å². The first-order valence-electron chi connectivity index (χ1n) is 7.59. The Balaban J connectivity index is 1.83. The molecule has 0 saturated heterocycles. The lowest BCUT2D eigenvalue weighted by molar-refractivity contribution is 0.297. The van der Waals surface area contributed by atoms with Crippen LogP contribution in [0.2, 0.25) is 0 Å². The minimum absolute atomic E-state index is 0.506. The molecule has 1 N–H and O–H groups in total. The van der Waals surface area contributed by atoms with Gasteiger partial charge in [0.1, 0.15) is 12.4 Å². The van der Waals surface area contributed by atoms with E-state index < -0.39 is 0 Å². The minimum Gasteiger partial charge on any atom is -0.487 e. The third-order valence-corrected chi connectivity index (χ3v) is 3.51. The van der Waals surface area contributed by atoms with E-state index in [1.165, 1.54) is 12.0 Å². The SMILES string of the molecule is CCCNC(C)Cc1ccc(OCc2cncn2C)cc1. The molecule has 0 saturated carbocycles. The smallest absolute Gasteiger partial charge is 0.130 e. The Morgan fingerprint density at radius 3 is 2.67 bits per heavy atom. The second kappa shape index (κ2) is 7.84. The first-order chi connectivity index (χ1) is 10.2. The fraction of sp³-hybridized carbons (Fsp3) is 0.471. The topological polar surface area (TPSA) is 39.1 Å². The Morgan fingerprint density at radius 1 is 1.29 bits per heavy atom. The van der Waals surface area contributed by atoms with Gasteiger partial charge in [0.25, 0.3) is 0 Å². The van der Waals surface area contributed by atoms with Gasteiger partial charge in [-0.3, -0.25) is 0 Å². The summed E-state index contributed by atoms with van der Waals surface area (Å²) in [5, 5.41) is 3.50. The number of hydrogen-bond donors (Lipinski definition) is 1. The highest BCUT2D eigenvalue weighted by atomic mass is 16.5. The van der Waals surface area contributed by atoms with Crippen molar-refractivity contribution in [1.29, 1.82) is 0 Å². The van der Waals surface area contributed by atoms with Gasteiger partial charge in [-0.2, -0.15) is 0 Å². The number of aromatic nitrogens is 2. The molecule has 0 amide bonds. The van der Waals surface area contributed by atoms with Gasteiger partial charge in [0, 0.05) is 13.1 Å². The molecule has 0 aliphatic carbocycles. The van der Waals surface area contributed by atoms with Crippen LogP contribution in [0.1, 0.15) is 31.5 Å². The lowest BCUT2D eigenvalue weighted by Gasteiger charge is -2.13. The number of benzene rings is 1. The summed E-state index contributed by atoms with van der Waals surface area (Å²) >= 11 is 0. The molecule has 4 nitrogen and oxygen atoms in total. The fourth-order valence-electron chi connectivity index (χ4n) is 2.22. The van der Waals surface area contributed by atoms with Crippen molar-refractivity contribution in [3.63, 3.8) is 0 Å². The largest absolute Gasteiger partial charge is 0.487 e. The molecule has 2 rings (SSSR count). The summed E-state index contributed by atoms with van der Waals surface area (Å²) in [5.74, 6) is 0.897. The maximum atomic E-state index is 5.78. The Kier molecular flexibility index (Phi) is 5.81. The van der Waals surface area contributed by atoms with Crippen LogP contribution in [0, 0.1) is 0 Å². The molecule has 0 spiro atoms. The molecule has 1 heterocycles. The van der Waals surface area contributed by atoms with Crippen LogP contribution < -0.4 is 10.1 Å². The summed E-state index contributed by atoms with van der Waals surface area (Å²) in [5.41, 5.74) is 2.40. The zero-order chi connectivity index (χ0) is 15.1. The monoisotopic (exact) mass is 287 g/mol. The zero-order valence-electron chi connectivity index (χ0n) is 13.2. The lowest BCUT2D eigenvalue weighted by atomic mass is 10.1. The van der Waals surface area contributed by atoms with Crippen LogP contribution in [0.25, 0.3) is 0 Å². The van der Waals surface area contributed by atoms with Crippen LogP contribution >= 0.6 is 0 Å². The van der Waals surface area contributed by atoms with Crippen molar-refractivity contribution < 1.29 is 4.74 Å². The molecule has 0 aliphatic rings. The van der Waals surface area contributed by atoms with Crippen molar-refractivity contribution in [3.05, 3.63) is 48.0 Å². The van der Waals surface area contributed by atoms with E-state index in [-0.39, 0.29) is 0 Å². The highest BCUT2D eigenvalue weighted by molar-refractivity contribution is 5.28. The number of imidazole rings is 1. The zero-order valence-corrected chi connectivity index (χ0v) is 13.2. The van der Waals surface area contributed by atoms with E-state index in [0.29, 0.717) is 12.6 Å². The molecule has 0 aliphatic heterocycles. The Morgan fingerprint density at radius 2 is 2.05 bits per heavy atom. The highest BCUT2D eigenvalue weighted by Gasteiger charge is 2.04. The van der Waals surface area contributed by atoms with Gasteiger partial charge < -0.3 is 14.6 Å². The van der Waals surface area contributed by atoms with Gasteiger partial charge in [-0.25, -0.2) is 4.98 Å². The minimum atomic E-state index is 0.506. The molecular weight excluding hydrogens is 262 g/mol. The Hall–Kier alpha value is -1.81. The average molecular weight is 287 g/mol. The molecule has 114 valence electrons. The summed E-state index contributed by atoms with van der Waals surface area (Å²) in [6, 6.07) is 8.87. The molecule has 1 unspecified atom stereocenters. The Bertz CT molecular complexity index is 533. The predicted octanol–water partition coefficient (Wildman–Crippen LogP) is 2.93. The quantitative estimate of drug-likeness (QED) is 0.811. The van der Waals surface area contributed by atoms with Crippen LogP contribution in [-0.2, 0) is 20.1 Å². The molecule has 2 aromatic rings. The molecule has 4 heteroatoms. The van der Waals surface area contributed by atoms with E-state index >= 15 is 0 Å². The number of rotatable bonds is 8. The van der Waals surface area contributed by atoms with Crippen molar-refractivity contribution in [2.45, 2.75) is 39.3 Å². The normalized spacial score (nSPS) is 12.3. The van der Waals surface area contributed by atoms with E-state index in [0.717, 1.165) is 24.4 Å². The van der Waals surface area contributed by atoms with Gasteiger partial charge in [-0.15, -0.1) is 0 Å². The maximum absolute atomic E-state index is 5.78. The molecule has 0 bridgehead atoms. The van der Waals surface area contributed by atoms with Gasteiger partial charge in [-0.05, 0) is 44.0 Å². The fourth-order valence-corrected chi connectivity index (χ4v) is 2.22. The van der Waals surface area contributed by atoms with Crippen molar-refractivity contribution in [3.8, 4) is 5.75 Å². The number of nitrogens with zero attached hydrogens (tertiary/aromatic N) is 2. The molecule has 0 radical (unpaired) electrons. The van der Waals surface area contributed by atoms with Crippen molar-refractivity contribution in [1.82, 2.24) is 14.9 Å². The first kappa shape index (κ1) is 15.6. The molecule has 21 heavy (non-hydrogen) atoms. The average Bonchev–Trinajstić information content (AvgIpc) is 2.90. The number of aryl methyl sites for hydroxylation is 1. The summed E-state index contributed by atoms with van der Waals surface area (Å²) in [6.45, 7) is 6.04. The summed E-state index contributed by atoms with van der Waals surface area (Å²) in [6.07, 6.45) is 5.83. The number of hydrogen-bond acceptors (Lipinski definition) is 3. The van der Waals surface area contributed by atoms with E-state index in [1.54, 1.807) is 6.33 Å². The number of nitrogens with one attached hydrogen (secondary N) is 1. The number of ether oxygens (including phenoxy) is 1. The van der Waals surface area contributed by atoms with Gasteiger partial charge in [0.05, 0.1) is 18.2 Å². The van der Waals surface area contributed by atoms with Gasteiger partial charge >= 0.3 is 0 Å². The summed E-state index contributed by atoms with van der Waals surface area (Å²) in [7, 11) is 1.97. The van der Waals surface area contributed by atoms with Crippen molar-refractivity contribution in [2.75, 3.05) is 6.54 Å². The molecule has 1 aromatic carbocycles. The second-order valence-corrected chi connectivity index (χ2v) is 5.49.